The predicted molar refractivity (Wildman–Crippen MR) is 94.9 cm³/mol. The fourth-order valence-electron chi connectivity index (χ4n) is 3.08. The maximum atomic E-state index is 13.6. The molecule has 2 aromatic carbocycles. The molecule has 0 fully saturated rings. The van der Waals surface area contributed by atoms with Crippen LogP contribution in [0.3, 0.4) is 0 Å². The molecule has 8 heteroatoms. The van der Waals surface area contributed by atoms with Crippen LogP contribution in [-0.2, 0) is 16.0 Å². The Labute approximate surface area is 154 Å². The molecule has 0 aromatic heterocycles. The van der Waals surface area contributed by atoms with Crippen molar-refractivity contribution in [2.75, 3.05) is 23.3 Å². The summed E-state index contributed by atoms with van der Waals surface area (Å²) in [6.07, 6.45) is 0.833. The van der Waals surface area contributed by atoms with Crippen LogP contribution in [0, 0.1) is 17.5 Å². The van der Waals surface area contributed by atoms with Gasteiger partial charge in [0.1, 0.15) is 0 Å². The van der Waals surface area contributed by atoms with Crippen LogP contribution in [0.1, 0.15) is 12.5 Å². The van der Waals surface area contributed by atoms with E-state index in [4.69, 9.17) is 0 Å². The Hall–Kier alpha value is -3.03. The van der Waals surface area contributed by atoms with Gasteiger partial charge in [0.25, 0.3) is 0 Å². The average Bonchev–Trinajstić information content (AvgIpc) is 2.96. The molecule has 0 bridgehead atoms. The second kappa shape index (κ2) is 7.69. The second-order valence-corrected chi connectivity index (χ2v) is 6.36. The number of amides is 2. The highest BCUT2D eigenvalue weighted by molar-refractivity contribution is 5.95. The van der Waals surface area contributed by atoms with E-state index in [0.717, 1.165) is 23.7 Å². The third-order valence-electron chi connectivity index (χ3n) is 4.42. The van der Waals surface area contributed by atoms with Gasteiger partial charge in [-0.2, -0.15) is 0 Å². The lowest BCUT2D eigenvalue weighted by molar-refractivity contribution is -0.123. The Morgan fingerprint density at radius 2 is 1.81 bits per heavy atom. The molecule has 0 saturated carbocycles. The van der Waals surface area contributed by atoms with Crippen molar-refractivity contribution in [1.29, 1.82) is 0 Å². The quantitative estimate of drug-likeness (QED) is 0.788. The number of carbonyl (C=O) groups excluding carboxylic acids is 2. The Morgan fingerprint density at radius 1 is 1.07 bits per heavy atom. The molecule has 2 amide bonds. The SMILES string of the molecule is C[C@@H]1Cc2ccccc2N1CC(=O)NCC(=O)Nc1ccc(F)c(F)c1F. The summed E-state index contributed by atoms with van der Waals surface area (Å²) >= 11 is 0. The molecule has 5 nitrogen and oxygen atoms in total. The summed E-state index contributed by atoms with van der Waals surface area (Å²) in [5, 5.41) is 4.55. The van der Waals surface area contributed by atoms with Gasteiger partial charge in [-0.1, -0.05) is 18.2 Å². The fourth-order valence-corrected chi connectivity index (χ4v) is 3.08. The van der Waals surface area contributed by atoms with Gasteiger partial charge >= 0.3 is 0 Å². The van der Waals surface area contributed by atoms with E-state index in [2.05, 4.69) is 10.6 Å². The van der Waals surface area contributed by atoms with Gasteiger partial charge < -0.3 is 15.5 Å². The van der Waals surface area contributed by atoms with Crippen LogP contribution in [0.25, 0.3) is 0 Å². The summed E-state index contributed by atoms with van der Waals surface area (Å²) in [5.74, 6) is -5.63. The molecule has 0 spiro atoms. The van der Waals surface area contributed by atoms with E-state index >= 15 is 0 Å². The molecular weight excluding hydrogens is 359 g/mol. The molecule has 0 unspecified atom stereocenters. The van der Waals surface area contributed by atoms with Crippen molar-refractivity contribution < 1.29 is 22.8 Å². The summed E-state index contributed by atoms with van der Waals surface area (Å²) in [7, 11) is 0. The molecular formula is C19H18F3N3O2. The monoisotopic (exact) mass is 377 g/mol. The topological polar surface area (TPSA) is 61.4 Å². The van der Waals surface area contributed by atoms with E-state index in [-0.39, 0.29) is 18.5 Å². The lowest BCUT2D eigenvalue weighted by Gasteiger charge is -2.24. The summed E-state index contributed by atoms with van der Waals surface area (Å²) in [6, 6.07) is 9.55. The zero-order chi connectivity index (χ0) is 19.6. The van der Waals surface area contributed by atoms with Gasteiger partial charge in [-0.3, -0.25) is 9.59 Å². The summed E-state index contributed by atoms with van der Waals surface area (Å²) in [5.41, 5.74) is 1.65. The standard InChI is InChI=1S/C19H18F3N3O2/c1-11-8-12-4-2-3-5-15(12)25(11)10-17(27)23-9-16(26)24-14-7-6-13(20)18(21)19(14)22/h2-7,11H,8-10H2,1H3,(H,23,27)(H,24,26)/t11-/m1/s1. The van der Waals surface area contributed by atoms with Crippen molar-refractivity contribution in [2.45, 2.75) is 19.4 Å². The van der Waals surface area contributed by atoms with E-state index in [1.807, 2.05) is 36.1 Å². The summed E-state index contributed by atoms with van der Waals surface area (Å²) < 4.78 is 39.6. The van der Waals surface area contributed by atoms with Crippen molar-refractivity contribution >= 4 is 23.2 Å². The van der Waals surface area contributed by atoms with Crippen LogP contribution in [0.4, 0.5) is 24.5 Å². The molecule has 0 saturated heterocycles. The molecule has 0 aliphatic carbocycles. The van der Waals surface area contributed by atoms with Gasteiger partial charge in [0.2, 0.25) is 11.8 Å². The smallest absolute Gasteiger partial charge is 0.243 e. The number of anilines is 2. The number of fused-ring (bicyclic) bond motifs is 1. The third kappa shape index (κ3) is 4.05. The first-order chi connectivity index (χ1) is 12.9. The zero-order valence-corrected chi connectivity index (χ0v) is 14.6. The van der Waals surface area contributed by atoms with Gasteiger partial charge in [-0.15, -0.1) is 0 Å². The second-order valence-electron chi connectivity index (χ2n) is 6.36. The van der Waals surface area contributed by atoms with Crippen LogP contribution in [-0.4, -0.2) is 30.9 Å². The van der Waals surface area contributed by atoms with E-state index < -0.39 is 35.6 Å². The van der Waals surface area contributed by atoms with Crippen LogP contribution < -0.4 is 15.5 Å². The van der Waals surface area contributed by atoms with E-state index in [1.54, 1.807) is 0 Å². The Balaban J connectivity index is 1.54. The molecule has 3 rings (SSSR count). The fraction of sp³-hybridized carbons (Fsp3) is 0.263. The Kier molecular flexibility index (Phi) is 5.34. The first-order valence-corrected chi connectivity index (χ1v) is 8.41. The molecule has 2 N–H and O–H groups in total. The average molecular weight is 377 g/mol. The van der Waals surface area contributed by atoms with Crippen LogP contribution in [0.15, 0.2) is 36.4 Å². The number of hydrogen-bond acceptors (Lipinski definition) is 3. The van der Waals surface area contributed by atoms with Gasteiger partial charge in [0.05, 0.1) is 18.8 Å². The number of rotatable bonds is 5. The number of nitrogens with zero attached hydrogens (tertiary/aromatic N) is 1. The van der Waals surface area contributed by atoms with Gasteiger partial charge in [0.15, 0.2) is 17.5 Å². The first-order valence-electron chi connectivity index (χ1n) is 8.41. The molecule has 1 aliphatic rings. The van der Waals surface area contributed by atoms with Crippen molar-refractivity contribution in [2.24, 2.45) is 0 Å². The lowest BCUT2D eigenvalue weighted by Crippen LogP contribution is -2.42. The zero-order valence-electron chi connectivity index (χ0n) is 14.6. The maximum absolute atomic E-state index is 13.6. The van der Waals surface area contributed by atoms with Gasteiger partial charge in [0, 0.05) is 11.7 Å². The normalized spacial score (nSPS) is 15.4. The van der Waals surface area contributed by atoms with Gasteiger partial charge in [-0.25, -0.2) is 13.2 Å². The minimum Gasteiger partial charge on any atom is -0.359 e. The molecule has 27 heavy (non-hydrogen) atoms. The molecule has 2 aromatic rings. The highest BCUT2D eigenvalue weighted by Crippen LogP contribution is 2.31. The predicted octanol–water partition coefficient (Wildman–Crippen LogP) is 2.61. The van der Waals surface area contributed by atoms with Crippen LogP contribution >= 0.6 is 0 Å². The Morgan fingerprint density at radius 3 is 2.59 bits per heavy atom. The molecule has 1 aliphatic heterocycles. The molecule has 1 heterocycles. The van der Waals surface area contributed by atoms with E-state index in [9.17, 15) is 22.8 Å². The number of hydrogen-bond donors (Lipinski definition) is 2. The summed E-state index contributed by atoms with van der Waals surface area (Å²) in [6.45, 7) is 1.66. The summed E-state index contributed by atoms with van der Waals surface area (Å²) in [4.78, 5) is 25.9. The molecule has 142 valence electrons. The Bertz CT molecular complexity index is 888. The minimum absolute atomic E-state index is 0.0744. The number of nitrogens with one attached hydrogen (secondary N) is 2. The van der Waals surface area contributed by atoms with Crippen molar-refractivity contribution in [3.63, 3.8) is 0 Å². The number of benzene rings is 2. The number of halogens is 3. The number of carbonyl (C=O) groups is 2. The molecule has 0 radical (unpaired) electrons. The number of para-hydroxylation sites is 1. The third-order valence-corrected chi connectivity index (χ3v) is 4.42. The van der Waals surface area contributed by atoms with E-state index in [0.29, 0.717) is 6.07 Å². The van der Waals surface area contributed by atoms with Crippen LogP contribution in [0.5, 0.6) is 0 Å². The van der Waals surface area contributed by atoms with Crippen molar-refractivity contribution in [3.8, 4) is 0 Å². The highest BCUT2D eigenvalue weighted by atomic mass is 19.2. The minimum atomic E-state index is -1.67. The maximum Gasteiger partial charge on any atom is 0.243 e. The van der Waals surface area contributed by atoms with Gasteiger partial charge in [-0.05, 0) is 37.1 Å². The van der Waals surface area contributed by atoms with Crippen molar-refractivity contribution in [1.82, 2.24) is 5.32 Å². The largest absolute Gasteiger partial charge is 0.359 e. The highest BCUT2D eigenvalue weighted by Gasteiger charge is 2.27. The lowest BCUT2D eigenvalue weighted by atomic mass is 10.1. The van der Waals surface area contributed by atoms with Crippen LogP contribution in [0.2, 0.25) is 0 Å². The molecule has 1 atom stereocenters. The van der Waals surface area contributed by atoms with Crippen molar-refractivity contribution in [3.05, 3.63) is 59.4 Å². The van der Waals surface area contributed by atoms with E-state index in [1.165, 1.54) is 0 Å². The first kappa shape index (κ1) is 18.8.